The Morgan fingerprint density at radius 1 is 1.31 bits per heavy atom. The van der Waals surface area contributed by atoms with Gasteiger partial charge in [0.2, 0.25) is 0 Å². The maximum Gasteiger partial charge on any atom is 0.0342 e. The molecule has 0 spiro atoms. The predicted molar refractivity (Wildman–Crippen MR) is 78.0 cm³/mol. The molecule has 0 saturated carbocycles. The topological polar surface area (TPSA) is 38.0 Å². The van der Waals surface area contributed by atoms with Crippen molar-refractivity contribution in [2.45, 2.75) is 56.6 Å². The zero-order valence-corrected chi connectivity index (χ0v) is 12.4. The molecule has 0 aromatic carbocycles. The number of rotatable bonds is 6. The number of nitrogens with two attached hydrogens (primary N) is 1. The first-order valence-electron chi connectivity index (χ1n) is 6.42. The van der Waals surface area contributed by atoms with Crippen molar-refractivity contribution in [2.75, 3.05) is 11.5 Å². The van der Waals surface area contributed by atoms with Gasteiger partial charge in [-0.2, -0.15) is 23.5 Å². The van der Waals surface area contributed by atoms with Crippen LogP contribution in [0, 0.1) is 5.92 Å². The molecule has 0 aromatic heterocycles. The molecular formula is C12H26N2S2. The SMILES string of the molecule is CCC(C)CC(NN)C1SCCSC1CC. The van der Waals surface area contributed by atoms with Crippen molar-refractivity contribution in [3.05, 3.63) is 0 Å². The molecule has 0 aromatic rings. The number of hydrazine groups is 1. The van der Waals surface area contributed by atoms with Crippen molar-refractivity contribution in [3.63, 3.8) is 0 Å². The van der Waals surface area contributed by atoms with Gasteiger partial charge in [0.25, 0.3) is 0 Å². The van der Waals surface area contributed by atoms with Crippen molar-refractivity contribution in [3.8, 4) is 0 Å². The fourth-order valence-corrected chi connectivity index (χ4v) is 5.47. The third-order valence-corrected chi connectivity index (χ3v) is 6.87. The summed E-state index contributed by atoms with van der Waals surface area (Å²) in [5.74, 6) is 9.11. The molecule has 1 aliphatic heterocycles. The van der Waals surface area contributed by atoms with Crippen LogP contribution in [0.4, 0.5) is 0 Å². The molecule has 4 atom stereocenters. The number of hydrogen-bond acceptors (Lipinski definition) is 4. The molecule has 0 bridgehead atoms. The Bertz CT molecular complexity index is 190. The van der Waals surface area contributed by atoms with E-state index >= 15 is 0 Å². The first-order valence-corrected chi connectivity index (χ1v) is 8.51. The Kier molecular flexibility index (Phi) is 7.20. The first kappa shape index (κ1) is 14.7. The Balaban J connectivity index is 2.54. The molecule has 0 radical (unpaired) electrons. The molecule has 1 aliphatic rings. The van der Waals surface area contributed by atoms with E-state index in [1.165, 1.54) is 30.8 Å². The Hall–Kier alpha value is 0.620. The van der Waals surface area contributed by atoms with Gasteiger partial charge in [-0.3, -0.25) is 11.3 Å². The van der Waals surface area contributed by atoms with Crippen LogP contribution in [0.1, 0.15) is 40.0 Å². The molecule has 1 saturated heterocycles. The van der Waals surface area contributed by atoms with E-state index in [0.29, 0.717) is 11.3 Å². The van der Waals surface area contributed by atoms with E-state index in [0.717, 1.165) is 11.2 Å². The highest BCUT2D eigenvalue weighted by molar-refractivity contribution is 8.07. The fourth-order valence-electron chi connectivity index (χ4n) is 2.21. The summed E-state index contributed by atoms with van der Waals surface area (Å²) in [6.07, 6.45) is 3.72. The van der Waals surface area contributed by atoms with Gasteiger partial charge in [-0.15, -0.1) is 0 Å². The predicted octanol–water partition coefficient (Wildman–Crippen LogP) is 2.88. The van der Waals surface area contributed by atoms with Crippen LogP contribution in [0.25, 0.3) is 0 Å². The molecule has 96 valence electrons. The van der Waals surface area contributed by atoms with Crippen LogP contribution >= 0.6 is 23.5 Å². The molecule has 0 amide bonds. The smallest absolute Gasteiger partial charge is 0.0342 e. The second kappa shape index (κ2) is 7.85. The van der Waals surface area contributed by atoms with Crippen molar-refractivity contribution in [2.24, 2.45) is 11.8 Å². The van der Waals surface area contributed by atoms with Gasteiger partial charge in [0.05, 0.1) is 0 Å². The molecule has 1 fully saturated rings. The van der Waals surface area contributed by atoms with E-state index in [1.54, 1.807) is 0 Å². The van der Waals surface area contributed by atoms with Crippen LogP contribution < -0.4 is 11.3 Å². The third-order valence-electron chi connectivity index (χ3n) is 3.46. The number of hydrogen-bond donors (Lipinski definition) is 2. The molecule has 1 heterocycles. The van der Waals surface area contributed by atoms with Crippen LogP contribution in [-0.2, 0) is 0 Å². The lowest BCUT2D eigenvalue weighted by Crippen LogP contribution is -2.48. The standard InChI is InChI=1S/C12H26N2S2/c1-4-9(3)8-10(14-13)12-11(5-2)15-6-7-16-12/h9-12,14H,4-8,13H2,1-3H3. The molecule has 2 nitrogen and oxygen atoms in total. The van der Waals surface area contributed by atoms with Gasteiger partial charge >= 0.3 is 0 Å². The fraction of sp³-hybridized carbons (Fsp3) is 1.00. The van der Waals surface area contributed by atoms with Gasteiger partial charge < -0.3 is 0 Å². The van der Waals surface area contributed by atoms with Crippen LogP contribution in [0.15, 0.2) is 0 Å². The van der Waals surface area contributed by atoms with Gasteiger partial charge in [0, 0.05) is 28.0 Å². The molecule has 3 N–H and O–H groups in total. The van der Waals surface area contributed by atoms with E-state index in [-0.39, 0.29) is 0 Å². The molecule has 0 aliphatic carbocycles. The molecular weight excluding hydrogens is 236 g/mol. The minimum Gasteiger partial charge on any atom is -0.271 e. The summed E-state index contributed by atoms with van der Waals surface area (Å²) in [7, 11) is 0. The molecule has 16 heavy (non-hydrogen) atoms. The monoisotopic (exact) mass is 262 g/mol. The van der Waals surface area contributed by atoms with E-state index < -0.39 is 0 Å². The summed E-state index contributed by atoms with van der Waals surface area (Å²) < 4.78 is 0. The Morgan fingerprint density at radius 2 is 2.00 bits per heavy atom. The van der Waals surface area contributed by atoms with E-state index in [9.17, 15) is 0 Å². The maximum absolute atomic E-state index is 5.75. The highest BCUT2D eigenvalue weighted by atomic mass is 32.2. The number of thioether (sulfide) groups is 2. The molecule has 1 rings (SSSR count). The second-order valence-electron chi connectivity index (χ2n) is 4.68. The minimum absolute atomic E-state index is 0.484. The van der Waals surface area contributed by atoms with Crippen molar-refractivity contribution >= 4 is 23.5 Å². The average Bonchev–Trinajstić information content (AvgIpc) is 2.35. The lowest BCUT2D eigenvalue weighted by atomic mass is 9.96. The minimum atomic E-state index is 0.484. The van der Waals surface area contributed by atoms with Gasteiger partial charge in [-0.25, -0.2) is 0 Å². The van der Waals surface area contributed by atoms with E-state index in [4.69, 9.17) is 5.84 Å². The summed E-state index contributed by atoms with van der Waals surface area (Å²) in [4.78, 5) is 0. The first-order chi connectivity index (χ1) is 7.72. The molecule has 4 heteroatoms. The van der Waals surface area contributed by atoms with Crippen molar-refractivity contribution in [1.29, 1.82) is 0 Å². The molecule has 4 unspecified atom stereocenters. The van der Waals surface area contributed by atoms with Gasteiger partial charge in [-0.05, 0) is 18.8 Å². The lowest BCUT2D eigenvalue weighted by Gasteiger charge is -2.36. The third kappa shape index (κ3) is 4.13. The highest BCUT2D eigenvalue weighted by Gasteiger charge is 2.31. The van der Waals surface area contributed by atoms with Crippen LogP contribution in [0.3, 0.4) is 0 Å². The lowest BCUT2D eigenvalue weighted by molar-refractivity contribution is 0.384. The van der Waals surface area contributed by atoms with Gasteiger partial charge in [-0.1, -0.05) is 27.2 Å². The average molecular weight is 262 g/mol. The maximum atomic E-state index is 5.75. The normalized spacial score (nSPS) is 30.0. The van der Waals surface area contributed by atoms with Crippen LogP contribution in [0.2, 0.25) is 0 Å². The van der Waals surface area contributed by atoms with Crippen molar-refractivity contribution < 1.29 is 0 Å². The van der Waals surface area contributed by atoms with Gasteiger partial charge in [0.1, 0.15) is 0 Å². The highest BCUT2D eigenvalue weighted by Crippen LogP contribution is 2.36. The Morgan fingerprint density at radius 3 is 2.56 bits per heavy atom. The van der Waals surface area contributed by atoms with Crippen LogP contribution in [-0.4, -0.2) is 28.0 Å². The van der Waals surface area contributed by atoms with E-state index in [2.05, 4.69) is 49.7 Å². The largest absolute Gasteiger partial charge is 0.271 e. The summed E-state index contributed by atoms with van der Waals surface area (Å²) in [6.45, 7) is 6.89. The van der Waals surface area contributed by atoms with Crippen molar-refractivity contribution in [1.82, 2.24) is 5.43 Å². The zero-order chi connectivity index (χ0) is 12.0. The summed E-state index contributed by atoms with van der Waals surface area (Å²) in [5, 5.41) is 1.48. The quantitative estimate of drug-likeness (QED) is 0.570. The van der Waals surface area contributed by atoms with E-state index in [1.807, 2.05) is 0 Å². The zero-order valence-electron chi connectivity index (χ0n) is 10.7. The van der Waals surface area contributed by atoms with Gasteiger partial charge in [0.15, 0.2) is 0 Å². The summed E-state index contributed by atoms with van der Waals surface area (Å²) in [5.41, 5.74) is 3.07. The Labute approximate surface area is 109 Å². The summed E-state index contributed by atoms with van der Waals surface area (Å²) >= 11 is 4.25. The van der Waals surface area contributed by atoms with Crippen LogP contribution in [0.5, 0.6) is 0 Å². The second-order valence-corrected chi connectivity index (χ2v) is 7.31. The number of nitrogens with one attached hydrogen (secondary N) is 1. The summed E-state index contributed by atoms with van der Waals surface area (Å²) in [6, 6.07) is 0.484.